The minimum atomic E-state index is -1.34. The van der Waals surface area contributed by atoms with Gasteiger partial charge in [-0.1, -0.05) is 95.4 Å². The molecular formula is C32H37IN6O3. The molecule has 3 amide bonds. The molecule has 42 heavy (non-hydrogen) atoms. The highest BCUT2D eigenvalue weighted by Gasteiger charge is 2.39. The molecule has 0 spiro atoms. The normalized spacial score (nSPS) is 14.4. The molecule has 0 aliphatic heterocycles. The highest BCUT2D eigenvalue weighted by atomic mass is 127. The van der Waals surface area contributed by atoms with Gasteiger partial charge >= 0.3 is 0 Å². The van der Waals surface area contributed by atoms with Crippen LogP contribution in [-0.4, -0.2) is 48.9 Å². The van der Waals surface area contributed by atoms with Crippen LogP contribution < -0.4 is 21.7 Å². The molecule has 0 bridgehead atoms. The Kier molecular flexibility index (Phi) is 10.00. The van der Waals surface area contributed by atoms with Crippen molar-refractivity contribution in [2.75, 3.05) is 0 Å². The zero-order chi connectivity index (χ0) is 30.3. The number of rotatable bonds is 12. The standard InChI is InChI=1S/C32H37IN6O3/c1-31(2,34)29(41)37-26(17-25-19-35-20-36-25)28(40)39-32(3,18-22-13-14-23-11-7-8-12-24(23)15-22)30(42)38-27(33)16-21-9-5-4-6-10-21/h4-15,19-20,26-27H,16-18,34H2,1-3H3,(H,35,36)(H,37,41)(H,38,42)(H,39,40)/t26?,27-,32+/m1/s1. The number of carbonyl (C=O) groups excluding carboxylic acids is 3. The maximum Gasteiger partial charge on any atom is 0.246 e. The quantitative estimate of drug-likeness (QED) is 0.0885. The number of halogens is 1. The van der Waals surface area contributed by atoms with Gasteiger partial charge in [0.05, 0.1) is 15.9 Å². The number of hydrogen-bond acceptors (Lipinski definition) is 5. The molecule has 0 aliphatic carbocycles. The molecule has 3 aromatic carbocycles. The second-order valence-electron chi connectivity index (χ2n) is 11.3. The summed E-state index contributed by atoms with van der Waals surface area (Å²) in [5, 5.41) is 11.0. The van der Waals surface area contributed by atoms with Gasteiger partial charge in [-0.15, -0.1) is 0 Å². The number of nitrogens with zero attached hydrogens (tertiary/aromatic N) is 1. The summed E-state index contributed by atoms with van der Waals surface area (Å²) in [5.41, 5.74) is 6.10. The fraction of sp³-hybridized carbons (Fsp3) is 0.312. The number of nitrogens with two attached hydrogens (primary N) is 1. The van der Waals surface area contributed by atoms with Crippen LogP contribution in [0.3, 0.4) is 0 Å². The van der Waals surface area contributed by atoms with Crippen LogP contribution in [0.25, 0.3) is 10.8 Å². The smallest absolute Gasteiger partial charge is 0.246 e. The van der Waals surface area contributed by atoms with E-state index in [-0.39, 0.29) is 22.8 Å². The van der Waals surface area contributed by atoms with Gasteiger partial charge in [0.15, 0.2) is 0 Å². The summed E-state index contributed by atoms with van der Waals surface area (Å²) in [5.74, 6) is -1.32. The van der Waals surface area contributed by atoms with Crippen molar-refractivity contribution in [1.82, 2.24) is 25.9 Å². The SMILES string of the molecule is CC(C)(N)C(=O)NC(Cc1cnc[nH]1)C(=O)N[C@@](C)(Cc1ccc2ccccc2c1)C(=O)N[C@@H](I)Cc1ccccc1. The molecule has 0 saturated carbocycles. The van der Waals surface area contributed by atoms with Crippen molar-refractivity contribution in [2.45, 2.75) is 61.2 Å². The number of benzene rings is 3. The minimum Gasteiger partial charge on any atom is -0.348 e. The highest BCUT2D eigenvalue weighted by molar-refractivity contribution is 14.1. The summed E-state index contributed by atoms with van der Waals surface area (Å²) in [4.78, 5) is 47.6. The number of hydrogen-bond donors (Lipinski definition) is 5. The predicted molar refractivity (Wildman–Crippen MR) is 173 cm³/mol. The summed E-state index contributed by atoms with van der Waals surface area (Å²) in [6.45, 7) is 4.85. The van der Waals surface area contributed by atoms with Gasteiger partial charge in [0.25, 0.3) is 0 Å². The second kappa shape index (κ2) is 13.5. The van der Waals surface area contributed by atoms with Gasteiger partial charge in [-0.2, -0.15) is 0 Å². The van der Waals surface area contributed by atoms with Crippen LogP contribution in [0.4, 0.5) is 0 Å². The van der Waals surface area contributed by atoms with E-state index in [2.05, 4.69) is 48.5 Å². The Balaban J connectivity index is 1.61. The molecule has 0 aliphatic rings. The molecule has 4 aromatic rings. The molecule has 0 saturated heterocycles. The number of aromatic nitrogens is 2. The molecule has 1 aromatic heterocycles. The molecular weight excluding hydrogens is 643 g/mol. The van der Waals surface area contributed by atoms with Crippen LogP contribution in [0.1, 0.15) is 37.6 Å². The van der Waals surface area contributed by atoms with Gasteiger partial charge in [-0.3, -0.25) is 14.4 Å². The van der Waals surface area contributed by atoms with E-state index in [4.69, 9.17) is 5.73 Å². The molecule has 1 heterocycles. The lowest BCUT2D eigenvalue weighted by Crippen LogP contribution is -2.64. The number of amides is 3. The lowest BCUT2D eigenvalue weighted by molar-refractivity contribution is -0.135. The van der Waals surface area contributed by atoms with Crippen LogP contribution in [0.5, 0.6) is 0 Å². The summed E-state index contributed by atoms with van der Waals surface area (Å²) >= 11 is 2.20. The third-order valence-electron chi connectivity index (χ3n) is 7.00. The third-order valence-corrected chi connectivity index (χ3v) is 7.75. The average Bonchev–Trinajstić information content (AvgIpc) is 3.45. The Morgan fingerprint density at radius 2 is 1.57 bits per heavy atom. The molecule has 220 valence electrons. The second-order valence-corrected chi connectivity index (χ2v) is 12.8. The zero-order valence-corrected chi connectivity index (χ0v) is 26.1. The maximum atomic E-state index is 13.9. The first kappa shape index (κ1) is 31.2. The molecule has 9 nitrogen and oxygen atoms in total. The fourth-order valence-electron chi connectivity index (χ4n) is 4.64. The van der Waals surface area contributed by atoms with Crippen molar-refractivity contribution in [3.05, 3.63) is 102 Å². The minimum absolute atomic E-state index is 0.143. The maximum absolute atomic E-state index is 13.9. The monoisotopic (exact) mass is 680 g/mol. The van der Waals surface area contributed by atoms with Gasteiger partial charge in [0, 0.05) is 31.2 Å². The van der Waals surface area contributed by atoms with E-state index in [1.165, 1.54) is 6.33 Å². The Morgan fingerprint density at radius 1 is 0.881 bits per heavy atom. The van der Waals surface area contributed by atoms with Crippen molar-refractivity contribution in [3.63, 3.8) is 0 Å². The highest BCUT2D eigenvalue weighted by Crippen LogP contribution is 2.21. The molecule has 1 unspecified atom stereocenters. The lowest BCUT2D eigenvalue weighted by Gasteiger charge is -2.33. The van der Waals surface area contributed by atoms with Crippen molar-refractivity contribution >= 4 is 51.1 Å². The van der Waals surface area contributed by atoms with E-state index < -0.39 is 28.9 Å². The molecule has 0 fully saturated rings. The van der Waals surface area contributed by atoms with E-state index in [1.807, 2.05) is 72.8 Å². The number of carbonyl (C=O) groups is 3. The Morgan fingerprint density at radius 3 is 2.24 bits per heavy atom. The first-order valence-electron chi connectivity index (χ1n) is 13.8. The van der Waals surface area contributed by atoms with Crippen molar-refractivity contribution in [3.8, 4) is 0 Å². The molecule has 6 N–H and O–H groups in total. The first-order chi connectivity index (χ1) is 19.9. The Labute approximate surface area is 259 Å². The summed E-state index contributed by atoms with van der Waals surface area (Å²) < 4.78 is -0.219. The number of aromatic amines is 1. The average molecular weight is 681 g/mol. The topological polar surface area (TPSA) is 142 Å². The summed E-state index contributed by atoms with van der Waals surface area (Å²) in [7, 11) is 0. The van der Waals surface area contributed by atoms with Crippen LogP contribution in [0.2, 0.25) is 0 Å². The Bertz CT molecular complexity index is 1520. The lowest BCUT2D eigenvalue weighted by atomic mass is 9.89. The number of H-pyrrole nitrogens is 1. The Hall–Kier alpha value is -3.77. The number of fused-ring (bicyclic) bond motifs is 1. The third kappa shape index (κ3) is 8.39. The number of alkyl halides is 1. The molecule has 10 heteroatoms. The zero-order valence-electron chi connectivity index (χ0n) is 24.0. The van der Waals surface area contributed by atoms with E-state index in [9.17, 15) is 14.4 Å². The van der Waals surface area contributed by atoms with E-state index in [1.54, 1.807) is 27.0 Å². The van der Waals surface area contributed by atoms with Crippen molar-refractivity contribution < 1.29 is 14.4 Å². The first-order valence-corrected chi connectivity index (χ1v) is 15.0. The van der Waals surface area contributed by atoms with Crippen LogP contribution in [-0.2, 0) is 33.6 Å². The van der Waals surface area contributed by atoms with Gasteiger partial charge in [0.1, 0.15) is 11.6 Å². The molecule has 4 rings (SSSR count). The summed E-state index contributed by atoms with van der Waals surface area (Å²) in [6.07, 6.45) is 4.09. The van der Waals surface area contributed by atoms with E-state index in [0.717, 1.165) is 21.9 Å². The van der Waals surface area contributed by atoms with Gasteiger partial charge in [-0.25, -0.2) is 4.98 Å². The van der Waals surface area contributed by atoms with Gasteiger partial charge in [0.2, 0.25) is 17.7 Å². The fourth-order valence-corrected chi connectivity index (χ4v) is 5.43. The van der Waals surface area contributed by atoms with Crippen LogP contribution >= 0.6 is 22.6 Å². The van der Waals surface area contributed by atoms with Crippen molar-refractivity contribution in [2.24, 2.45) is 5.73 Å². The van der Waals surface area contributed by atoms with Gasteiger partial charge in [-0.05, 0) is 42.7 Å². The van der Waals surface area contributed by atoms with E-state index in [0.29, 0.717) is 12.1 Å². The number of imidazole rings is 1. The van der Waals surface area contributed by atoms with E-state index >= 15 is 0 Å². The largest absolute Gasteiger partial charge is 0.348 e. The summed E-state index contributed by atoms with van der Waals surface area (Å²) in [6, 6.07) is 22.9. The van der Waals surface area contributed by atoms with Crippen LogP contribution in [0, 0.1) is 0 Å². The van der Waals surface area contributed by atoms with Gasteiger partial charge < -0.3 is 26.7 Å². The predicted octanol–water partition coefficient (Wildman–Crippen LogP) is 3.57. The molecule has 3 atom stereocenters. The number of nitrogens with one attached hydrogen (secondary N) is 4. The van der Waals surface area contributed by atoms with Crippen LogP contribution in [0.15, 0.2) is 85.3 Å². The van der Waals surface area contributed by atoms with Crippen molar-refractivity contribution in [1.29, 1.82) is 0 Å². The molecule has 0 radical (unpaired) electrons.